The molecule has 1 aromatic heterocycles. The van der Waals surface area contributed by atoms with Crippen LogP contribution in [0.1, 0.15) is 27.9 Å². The van der Waals surface area contributed by atoms with E-state index in [-0.39, 0.29) is 12.6 Å². The number of carbonyl (C=O) groups is 2. The number of ether oxygens (including phenoxy) is 2. The molecule has 0 aliphatic heterocycles. The van der Waals surface area contributed by atoms with Crippen molar-refractivity contribution in [3.8, 4) is 0 Å². The Morgan fingerprint density at radius 3 is 2.53 bits per heavy atom. The van der Waals surface area contributed by atoms with Crippen molar-refractivity contribution in [2.75, 3.05) is 14.2 Å². The quantitative estimate of drug-likeness (QED) is 0.600. The van der Waals surface area contributed by atoms with E-state index in [2.05, 4.69) is 15.0 Å². The topological polar surface area (TPSA) is 120 Å². The number of hydrogen-bond donors (Lipinski definition) is 1. The number of nitrogens with zero attached hydrogens (tertiary/aromatic N) is 3. The molecule has 0 saturated heterocycles. The van der Waals surface area contributed by atoms with Crippen LogP contribution in [0, 0.1) is 4.91 Å². The second kappa shape index (κ2) is 6.05. The third-order valence-corrected chi connectivity index (χ3v) is 2.43. The molecule has 9 heteroatoms. The van der Waals surface area contributed by atoms with Gasteiger partial charge in [-0.2, -0.15) is 5.10 Å². The first-order valence-electron chi connectivity index (χ1n) is 5.24. The largest absolute Gasteiger partial charge is 0.476 e. The van der Waals surface area contributed by atoms with Gasteiger partial charge in [0.2, 0.25) is 0 Å². The number of rotatable bonds is 6. The molecule has 0 bridgehead atoms. The molecule has 1 aromatic rings. The van der Waals surface area contributed by atoms with Gasteiger partial charge in [0.1, 0.15) is 0 Å². The summed E-state index contributed by atoms with van der Waals surface area (Å²) in [6.07, 6.45) is -0.358. The minimum absolute atomic E-state index is 0.0532. The highest BCUT2D eigenvalue weighted by Crippen LogP contribution is 2.25. The maximum atomic E-state index is 11.4. The molecule has 104 valence electrons. The predicted octanol–water partition coefficient (Wildman–Crippen LogP) is 0.801. The van der Waals surface area contributed by atoms with Crippen LogP contribution in [0.2, 0.25) is 0 Å². The van der Waals surface area contributed by atoms with Crippen LogP contribution >= 0.6 is 0 Å². The molecule has 0 spiro atoms. The lowest BCUT2D eigenvalue weighted by atomic mass is 10.3. The Morgan fingerprint density at radius 1 is 1.47 bits per heavy atom. The number of carboxylic acids is 1. The summed E-state index contributed by atoms with van der Waals surface area (Å²) in [6.45, 7) is 1.73. The molecule has 1 N–H and O–H groups in total. The van der Waals surface area contributed by atoms with Crippen molar-refractivity contribution in [2.24, 2.45) is 5.18 Å². The average Bonchev–Trinajstić information content (AvgIpc) is 2.75. The second-order valence-electron chi connectivity index (χ2n) is 3.66. The Hall–Kier alpha value is -2.29. The number of nitroso groups, excluding NO2 is 1. The fourth-order valence-corrected chi connectivity index (χ4v) is 1.43. The fourth-order valence-electron chi connectivity index (χ4n) is 1.43. The molecule has 0 aliphatic rings. The van der Waals surface area contributed by atoms with Gasteiger partial charge in [-0.1, -0.05) is 0 Å². The van der Waals surface area contributed by atoms with Gasteiger partial charge >= 0.3 is 11.9 Å². The minimum atomic E-state index is -1.42. The molecule has 1 rings (SSSR count). The summed E-state index contributed by atoms with van der Waals surface area (Å²) in [5, 5.41) is 15.4. The van der Waals surface area contributed by atoms with E-state index < -0.39 is 29.0 Å². The van der Waals surface area contributed by atoms with Gasteiger partial charge in [-0.3, -0.25) is 4.68 Å². The van der Waals surface area contributed by atoms with Gasteiger partial charge < -0.3 is 14.6 Å². The van der Waals surface area contributed by atoms with Crippen molar-refractivity contribution in [1.29, 1.82) is 0 Å². The first kappa shape index (κ1) is 14.8. The number of hydrogen-bond acceptors (Lipinski definition) is 7. The molecular formula is C10H13N3O6. The summed E-state index contributed by atoms with van der Waals surface area (Å²) in [5.41, 5.74) is -1.46. The highest BCUT2D eigenvalue weighted by Gasteiger charge is 2.29. The number of carbonyl (C=O) groups excluding carboxylic acids is 1. The highest BCUT2D eigenvalue weighted by molar-refractivity contribution is 6.00. The van der Waals surface area contributed by atoms with E-state index in [0.29, 0.717) is 0 Å². The molecule has 0 saturated carbocycles. The van der Waals surface area contributed by atoms with Crippen LogP contribution in [-0.2, 0) is 16.0 Å². The van der Waals surface area contributed by atoms with E-state index >= 15 is 0 Å². The van der Waals surface area contributed by atoms with E-state index in [1.807, 2.05) is 0 Å². The van der Waals surface area contributed by atoms with Gasteiger partial charge in [0.05, 0.1) is 19.8 Å². The van der Waals surface area contributed by atoms with E-state index in [1.165, 1.54) is 7.11 Å². The number of carboxylic acid groups (broad SMARTS) is 1. The van der Waals surface area contributed by atoms with Crippen molar-refractivity contribution in [3.63, 3.8) is 0 Å². The fraction of sp³-hybridized carbons (Fsp3) is 0.500. The van der Waals surface area contributed by atoms with E-state index in [1.54, 1.807) is 6.92 Å². The van der Waals surface area contributed by atoms with E-state index in [0.717, 1.165) is 11.8 Å². The molecule has 1 heterocycles. The lowest BCUT2D eigenvalue weighted by Crippen LogP contribution is -2.19. The maximum Gasteiger partial charge on any atom is 0.361 e. The minimum Gasteiger partial charge on any atom is -0.476 e. The standard InChI is InChI=1S/C10H13N3O6/c1-5(18-2)4-13-8(9(14)15)6(12-17)7(11-13)10(16)19-3/h5H,4H2,1-3H3,(H,14,15)/t5-/m0/s1. The third-order valence-electron chi connectivity index (χ3n) is 2.43. The van der Waals surface area contributed by atoms with Crippen LogP contribution in [0.5, 0.6) is 0 Å². The Morgan fingerprint density at radius 2 is 2.11 bits per heavy atom. The molecule has 9 nitrogen and oxygen atoms in total. The van der Waals surface area contributed by atoms with Gasteiger partial charge in [-0.25, -0.2) is 9.59 Å². The molecule has 0 radical (unpaired) electrons. The molecular weight excluding hydrogens is 258 g/mol. The first-order chi connectivity index (χ1) is 8.96. The summed E-state index contributed by atoms with van der Waals surface area (Å²) in [7, 11) is 2.53. The summed E-state index contributed by atoms with van der Waals surface area (Å²) < 4.78 is 10.4. The van der Waals surface area contributed by atoms with Crippen LogP contribution in [0.4, 0.5) is 5.69 Å². The van der Waals surface area contributed by atoms with Gasteiger partial charge in [-0.05, 0) is 12.1 Å². The maximum absolute atomic E-state index is 11.4. The zero-order valence-electron chi connectivity index (χ0n) is 10.6. The lowest BCUT2D eigenvalue weighted by molar-refractivity contribution is 0.0588. The zero-order valence-corrected chi connectivity index (χ0v) is 10.6. The first-order valence-corrected chi connectivity index (χ1v) is 5.24. The molecule has 0 fully saturated rings. The van der Waals surface area contributed by atoms with Gasteiger partial charge in [-0.15, -0.1) is 4.91 Å². The Balaban J connectivity index is 3.37. The lowest BCUT2D eigenvalue weighted by Gasteiger charge is -2.10. The van der Waals surface area contributed by atoms with Gasteiger partial charge in [0.15, 0.2) is 17.1 Å². The van der Waals surface area contributed by atoms with Crippen molar-refractivity contribution < 1.29 is 24.2 Å². The Labute approximate surface area is 108 Å². The highest BCUT2D eigenvalue weighted by atomic mass is 16.5. The molecule has 1 atom stereocenters. The average molecular weight is 271 g/mol. The predicted molar refractivity (Wildman–Crippen MR) is 62.5 cm³/mol. The number of esters is 1. The van der Waals surface area contributed by atoms with Crippen LogP contribution < -0.4 is 0 Å². The summed E-state index contributed by atoms with van der Waals surface area (Å²) in [5.74, 6) is -2.35. The Bertz CT molecular complexity index is 510. The Kier molecular flexibility index (Phi) is 4.70. The molecule has 0 amide bonds. The van der Waals surface area contributed by atoms with Gasteiger partial charge in [0.25, 0.3) is 0 Å². The smallest absolute Gasteiger partial charge is 0.361 e. The van der Waals surface area contributed by atoms with E-state index in [9.17, 15) is 14.5 Å². The molecule has 19 heavy (non-hydrogen) atoms. The van der Waals surface area contributed by atoms with E-state index in [4.69, 9.17) is 9.84 Å². The van der Waals surface area contributed by atoms with Crippen LogP contribution in [0.3, 0.4) is 0 Å². The molecule has 0 aromatic carbocycles. The number of aromatic carboxylic acids is 1. The second-order valence-corrected chi connectivity index (χ2v) is 3.66. The number of aromatic nitrogens is 2. The summed E-state index contributed by atoms with van der Waals surface area (Å²) >= 11 is 0. The summed E-state index contributed by atoms with van der Waals surface area (Å²) in [6, 6.07) is 0. The van der Waals surface area contributed by atoms with Crippen molar-refractivity contribution in [3.05, 3.63) is 16.3 Å². The third kappa shape index (κ3) is 2.94. The van der Waals surface area contributed by atoms with Crippen molar-refractivity contribution in [1.82, 2.24) is 9.78 Å². The van der Waals surface area contributed by atoms with Crippen LogP contribution in [0.15, 0.2) is 5.18 Å². The monoisotopic (exact) mass is 271 g/mol. The number of methoxy groups -OCH3 is 2. The molecule has 0 aliphatic carbocycles. The SMILES string of the molecule is COC(=O)c1nn(C[C@H](C)OC)c(C(=O)O)c1N=O. The van der Waals surface area contributed by atoms with Crippen LogP contribution in [-0.4, -0.2) is 47.1 Å². The normalized spacial score (nSPS) is 11.9. The zero-order chi connectivity index (χ0) is 14.6. The van der Waals surface area contributed by atoms with Crippen LogP contribution in [0.25, 0.3) is 0 Å². The van der Waals surface area contributed by atoms with Gasteiger partial charge in [0, 0.05) is 7.11 Å². The molecule has 0 unspecified atom stereocenters. The van der Waals surface area contributed by atoms with Crippen molar-refractivity contribution in [2.45, 2.75) is 19.6 Å². The summed E-state index contributed by atoms with van der Waals surface area (Å²) in [4.78, 5) is 33.3. The van der Waals surface area contributed by atoms with Crippen molar-refractivity contribution >= 4 is 17.6 Å².